The van der Waals surface area contributed by atoms with Crippen molar-refractivity contribution in [3.8, 4) is 5.75 Å². The monoisotopic (exact) mass is 413 g/mol. The molecule has 1 unspecified atom stereocenters. The topological polar surface area (TPSA) is 66.8 Å². The quantitative estimate of drug-likeness (QED) is 0.810. The van der Waals surface area contributed by atoms with Crippen molar-refractivity contribution in [2.45, 2.75) is 31.3 Å². The Balaban J connectivity index is 1.90. The molecule has 1 atom stereocenters. The van der Waals surface area contributed by atoms with E-state index in [-0.39, 0.29) is 11.4 Å². The van der Waals surface area contributed by atoms with E-state index in [2.05, 4.69) is 6.58 Å². The minimum Gasteiger partial charge on any atom is -0.497 e. The van der Waals surface area contributed by atoms with E-state index in [1.165, 1.54) is 4.31 Å². The normalized spacial score (nSPS) is 19.7. The maximum absolute atomic E-state index is 13.0. The van der Waals surface area contributed by atoms with E-state index < -0.39 is 16.1 Å². The van der Waals surface area contributed by atoms with E-state index in [9.17, 15) is 13.5 Å². The molecule has 6 heteroatoms. The molecule has 2 aromatic carbocycles. The summed E-state index contributed by atoms with van der Waals surface area (Å²) < 4.78 is 32.5. The number of rotatable bonds is 5. The van der Waals surface area contributed by atoms with Gasteiger partial charge in [0.15, 0.2) is 0 Å². The number of methoxy groups -OCH3 is 1. The van der Waals surface area contributed by atoms with Gasteiger partial charge in [-0.2, -0.15) is 4.31 Å². The highest BCUT2D eigenvalue weighted by molar-refractivity contribution is 7.89. The van der Waals surface area contributed by atoms with Gasteiger partial charge in [0.25, 0.3) is 0 Å². The van der Waals surface area contributed by atoms with Crippen molar-refractivity contribution in [3.63, 3.8) is 0 Å². The van der Waals surface area contributed by atoms with E-state index >= 15 is 0 Å². The Labute approximate surface area is 173 Å². The Kier molecular flexibility index (Phi) is 6.27. The number of allylic oxidation sites excluding steroid dienone is 2. The number of sulfonamides is 1. The van der Waals surface area contributed by atoms with Crippen molar-refractivity contribution in [2.75, 3.05) is 20.2 Å². The van der Waals surface area contributed by atoms with Gasteiger partial charge in [0, 0.05) is 13.1 Å². The molecule has 154 valence electrons. The number of aryl methyl sites for hydroxylation is 1. The third-order valence-electron chi connectivity index (χ3n) is 5.19. The van der Waals surface area contributed by atoms with Crippen molar-refractivity contribution in [2.24, 2.45) is 0 Å². The SMILES string of the molecule is C=C(C)/C(=C1\CCN(S(=O)(=O)c2ccc(C)cc2)CC1O)c1ccc(OC)cc1. The first kappa shape index (κ1) is 21.3. The fourth-order valence-corrected chi connectivity index (χ4v) is 5.09. The first-order valence-corrected chi connectivity index (χ1v) is 11.0. The summed E-state index contributed by atoms with van der Waals surface area (Å²) >= 11 is 0. The molecule has 1 fully saturated rings. The molecule has 5 nitrogen and oxygen atoms in total. The van der Waals surface area contributed by atoms with Crippen LogP contribution in [0.3, 0.4) is 0 Å². The highest BCUT2D eigenvalue weighted by Crippen LogP contribution is 2.34. The predicted octanol–water partition coefficient (Wildman–Crippen LogP) is 3.79. The second-order valence-corrected chi connectivity index (χ2v) is 9.29. The van der Waals surface area contributed by atoms with Crippen LogP contribution in [-0.4, -0.2) is 44.1 Å². The molecule has 1 heterocycles. The summed E-state index contributed by atoms with van der Waals surface area (Å²) in [4.78, 5) is 0.248. The Hall–Kier alpha value is -2.41. The number of aliphatic hydroxyl groups is 1. The maximum atomic E-state index is 13.0. The van der Waals surface area contributed by atoms with Crippen molar-refractivity contribution in [1.29, 1.82) is 0 Å². The van der Waals surface area contributed by atoms with Gasteiger partial charge in [-0.15, -0.1) is 0 Å². The van der Waals surface area contributed by atoms with Crippen LogP contribution in [-0.2, 0) is 10.0 Å². The third-order valence-corrected chi connectivity index (χ3v) is 7.07. The van der Waals surface area contributed by atoms with Crippen LogP contribution in [0.5, 0.6) is 5.75 Å². The third kappa shape index (κ3) is 4.45. The van der Waals surface area contributed by atoms with Gasteiger partial charge in [0.05, 0.1) is 18.1 Å². The molecule has 0 radical (unpaired) electrons. The van der Waals surface area contributed by atoms with E-state index in [0.29, 0.717) is 13.0 Å². The van der Waals surface area contributed by atoms with Crippen LogP contribution in [0.2, 0.25) is 0 Å². The number of hydrogen-bond donors (Lipinski definition) is 1. The number of ether oxygens (including phenoxy) is 1. The lowest BCUT2D eigenvalue weighted by Gasteiger charge is -2.33. The van der Waals surface area contributed by atoms with Crippen LogP contribution in [0.1, 0.15) is 24.5 Å². The van der Waals surface area contributed by atoms with Crippen molar-refractivity contribution < 1.29 is 18.3 Å². The molecule has 3 rings (SSSR count). The molecule has 0 spiro atoms. The Bertz CT molecular complexity index is 1020. The highest BCUT2D eigenvalue weighted by Gasteiger charge is 2.33. The number of benzene rings is 2. The van der Waals surface area contributed by atoms with Gasteiger partial charge in [0.1, 0.15) is 5.75 Å². The minimum absolute atomic E-state index is 0.0263. The smallest absolute Gasteiger partial charge is 0.243 e. The van der Waals surface area contributed by atoms with Crippen LogP contribution in [0.25, 0.3) is 5.57 Å². The Morgan fingerprint density at radius 3 is 2.28 bits per heavy atom. The minimum atomic E-state index is -3.64. The number of β-amino-alcohol motifs (C(OH)–C–C–N with tert-alkyl or cyclic N) is 1. The molecule has 0 amide bonds. The van der Waals surface area contributed by atoms with Crippen LogP contribution in [0.4, 0.5) is 0 Å². The van der Waals surface area contributed by atoms with E-state index in [4.69, 9.17) is 4.74 Å². The summed E-state index contributed by atoms with van der Waals surface area (Å²) in [6.45, 7) is 8.23. The molecule has 0 aromatic heterocycles. The van der Waals surface area contributed by atoms with Crippen molar-refractivity contribution in [3.05, 3.63) is 77.4 Å². The molecule has 1 saturated heterocycles. The van der Waals surface area contributed by atoms with E-state index in [0.717, 1.165) is 33.6 Å². The lowest BCUT2D eigenvalue weighted by molar-refractivity contribution is 0.154. The Morgan fingerprint density at radius 1 is 1.14 bits per heavy atom. The van der Waals surface area contributed by atoms with Gasteiger partial charge >= 0.3 is 0 Å². The van der Waals surface area contributed by atoms with Gasteiger partial charge in [-0.1, -0.05) is 42.0 Å². The zero-order valence-corrected chi connectivity index (χ0v) is 17.9. The van der Waals surface area contributed by atoms with E-state index in [1.807, 2.05) is 38.1 Å². The number of hydrogen-bond acceptors (Lipinski definition) is 4. The van der Waals surface area contributed by atoms with Gasteiger partial charge in [0.2, 0.25) is 10.0 Å². The van der Waals surface area contributed by atoms with Crippen LogP contribution in [0.15, 0.2) is 71.2 Å². The van der Waals surface area contributed by atoms with Gasteiger partial charge in [-0.05, 0) is 61.2 Å². The molecule has 0 aliphatic carbocycles. The van der Waals surface area contributed by atoms with Crippen molar-refractivity contribution in [1.82, 2.24) is 4.31 Å². The first-order chi connectivity index (χ1) is 13.7. The second kappa shape index (κ2) is 8.53. The molecule has 0 saturated carbocycles. The van der Waals surface area contributed by atoms with Crippen LogP contribution < -0.4 is 4.74 Å². The van der Waals surface area contributed by atoms with E-state index in [1.54, 1.807) is 31.4 Å². The predicted molar refractivity (Wildman–Crippen MR) is 115 cm³/mol. The lowest BCUT2D eigenvalue weighted by Crippen LogP contribution is -2.43. The van der Waals surface area contributed by atoms with Gasteiger partial charge < -0.3 is 9.84 Å². The summed E-state index contributed by atoms with van der Waals surface area (Å²) in [6, 6.07) is 14.4. The highest BCUT2D eigenvalue weighted by atomic mass is 32.2. The molecular formula is C23H27NO4S. The fourth-order valence-electron chi connectivity index (χ4n) is 3.64. The summed E-state index contributed by atoms with van der Waals surface area (Å²) in [6.07, 6.45) is -0.446. The molecule has 0 bridgehead atoms. The zero-order chi connectivity index (χ0) is 21.2. The zero-order valence-electron chi connectivity index (χ0n) is 17.1. The standard InChI is InChI=1S/C23H27NO4S/c1-16(2)23(18-7-9-19(28-4)10-8-18)21-13-14-24(15-22(21)25)29(26,27)20-11-5-17(3)6-12-20/h5-12,22,25H,1,13-15H2,2-4H3/b23-21-. The van der Waals surface area contributed by atoms with Crippen molar-refractivity contribution >= 4 is 15.6 Å². The number of piperidine rings is 1. The summed E-state index contributed by atoms with van der Waals surface area (Å²) in [5.74, 6) is 0.749. The molecule has 1 aliphatic heterocycles. The van der Waals surface area contributed by atoms with Gasteiger partial charge in [-0.25, -0.2) is 8.42 Å². The summed E-state index contributed by atoms with van der Waals surface area (Å²) in [5.41, 5.74) is 4.46. The van der Waals surface area contributed by atoms with Gasteiger partial charge in [-0.3, -0.25) is 0 Å². The molecule has 2 aromatic rings. The number of aliphatic hydroxyl groups excluding tert-OH is 1. The molecule has 1 N–H and O–H groups in total. The Morgan fingerprint density at radius 2 is 1.76 bits per heavy atom. The fraction of sp³-hybridized carbons (Fsp3) is 0.304. The average molecular weight is 414 g/mol. The summed E-state index contributed by atoms with van der Waals surface area (Å²) in [5, 5.41) is 10.8. The first-order valence-electron chi connectivity index (χ1n) is 9.52. The largest absolute Gasteiger partial charge is 0.497 e. The van der Waals surface area contributed by atoms with Crippen LogP contribution >= 0.6 is 0 Å². The second-order valence-electron chi connectivity index (χ2n) is 7.35. The summed E-state index contributed by atoms with van der Waals surface area (Å²) in [7, 11) is -2.03. The van der Waals surface area contributed by atoms with Crippen LogP contribution in [0, 0.1) is 6.92 Å². The maximum Gasteiger partial charge on any atom is 0.243 e. The average Bonchev–Trinajstić information content (AvgIpc) is 2.70. The molecule has 1 aliphatic rings. The molecular weight excluding hydrogens is 386 g/mol. The molecule has 29 heavy (non-hydrogen) atoms. The lowest BCUT2D eigenvalue weighted by atomic mass is 9.88. The number of nitrogens with zero attached hydrogens (tertiary/aromatic N) is 1.